The van der Waals surface area contributed by atoms with Gasteiger partial charge in [0.25, 0.3) is 0 Å². The van der Waals surface area contributed by atoms with Crippen molar-refractivity contribution in [2.45, 2.75) is 45.2 Å². The third-order valence-corrected chi connectivity index (χ3v) is 6.47. The van der Waals surface area contributed by atoms with Gasteiger partial charge in [0.1, 0.15) is 4.90 Å². The highest BCUT2D eigenvalue weighted by atomic mass is 35.5. The molecule has 0 radical (unpaired) electrons. The van der Waals surface area contributed by atoms with Crippen LogP contribution >= 0.6 is 23.2 Å². The lowest BCUT2D eigenvalue weighted by Crippen LogP contribution is -2.43. The molecule has 0 fully saturated rings. The second-order valence-electron chi connectivity index (χ2n) is 6.10. The minimum absolute atomic E-state index is 0.0452. The van der Waals surface area contributed by atoms with E-state index in [-0.39, 0.29) is 33.0 Å². The van der Waals surface area contributed by atoms with Gasteiger partial charge in [-0.3, -0.25) is 0 Å². The molecule has 0 bridgehead atoms. The number of nitrogens with zero attached hydrogens (tertiary/aromatic N) is 1. The van der Waals surface area contributed by atoms with Gasteiger partial charge >= 0.3 is 0 Å². The molecule has 0 heterocycles. The molecule has 1 atom stereocenters. The summed E-state index contributed by atoms with van der Waals surface area (Å²) in [5, 5.41) is 9.53. The number of hydrogen-bond donors (Lipinski definition) is 1. The summed E-state index contributed by atoms with van der Waals surface area (Å²) in [4.78, 5) is -0.0452. The molecule has 0 aliphatic heterocycles. The molecule has 4 nitrogen and oxygen atoms in total. The highest BCUT2D eigenvalue weighted by Gasteiger charge is 2.33. The fraction of sp³-hybridized carbons (Fsp3) is 0.571. The van der Waals surface area contributed by atoms with Crippen LogP contribution in [0.1, 0.15) is 33.3 Å². The Morgan fingerprint density at radius 2 is 1.76 bits per heavy atom. The monoisotopic (exact) mass is 353 g/mol. The van der Waals surface area contributed by atoms with Gasteiger partial charge in [0.15, 0.2) is 0 Å². The van der Waals surface area contributed by atoms with E-state index < -0.39 is 10.0 Å². The predicted molar refractivity (Wildman–Crippen MR) is 86.3 cm³/mol. The second kappa shape index (κ2) is 6.42. The van der Waals surface area contributed by atoms with Crippen LogP contribution in [0.25, 0.3) is 0 Å². The Morgan fingerprint density at radius 3 is 2.19 bits per heavy atom. The van der Waals surface area contributed by atoms with E-state index in [0.717, 1.165) is 0 Å². The first-order chi connectivity index (χ1) is 9.42. The number of rotatable bonds is 4. The normalized spacial score (nSPS) is 14.5. The molecule has 0 saturated carbocycles. The molecule has 1 aromatic rings. The molecule has 1 rings (SSSR count). The van der Waals surface area contributed by atoms with E-state index in [0.29, 0.717) is 5.56 Å². The van der Waals surface area contributed by atoms with Gasteiger partial charge in [-0.1, -0.05) is 44.0 Å². The van der Waals surface area contributed by atoms with E-state index in [1.807, 2.05) is 27.7 Å². The smallest absolute Gasteiger partial charge is 0.244 e. The van der Waals surface area contributed by atoms with E-state index in [1.54, 1.807) is 0 Å². The molecule has 0 aliphatic carbocycles. The van der Waals surface area contributed by atoms with Gasteiger partial charge < -0.3 is 5.11 Å². The van der Waals surface area contributed by atoms with Crippen LogP contribution in [0, 0.1) is 5.41 Å². The van der Waals surface area contributed by atoms with Gasteiger partial charge in [0, 0.05) is 18.1 Å². The van der Waals surface area contributed by atoms with Crippen LogP contribution in [-0.2, 0) is 16.6 Å². The summed E-state index contributed by atoms with van der Waals surface area (Å²) in [5.41, 5.74) is 0.108. The number of aliphatic hydroxyl groups excluding tert-OH is 1. The van der Waals surface area contributed by atoms with Crippen LogP contribution in [0.2, 0.25) is 10.0 Å². The Labute approximate surface area is 136 Å². The Kier molecular flexibility index (Phi) is 5.73. The van der Waals surface area contributed by atoms with Crippen molar-refractivity contribution >= 4 is 33.2 Å². The van der Waals surface area contributed by atoms with Crippen molar-refractivity contribution in [2.24, 2.45) is 5.41 Å². The molecule has 0 saturated heterocycles. The highest BCUT2D eigenvalue weighted by Crippen LogP contribution is 2.33. The van der Waals surface area contributed by atoms with Crippen molar-refractivity contribution in [1.29, 1.82) is 0 Å². The molecule has 0 aliphatic rings. The van der Waals surface area contributed by atoms with Crippen molar-refractivity contribution in [3.8, 4) is 0 Å². The Bertz CT molecular complexity index is 624. The maximum absolute atomic E-state index is 12.7. The lowest BCUT2D eigenvalue weighted by atomic mass is 9.88. The van der Waals surface area contributed by atoms with E-state index in [2.05, 4.69) is 0 Å². The minimum atomic E-state index is -3.77. The van der Waals surface area contributed by atoms with Crippen LogP contribution in [0.15, 0.2) is 17.0 Å². The third kappa shape index (κ3) is 3.90. The summed E-state index contributed by atoms with van der Waals surface area (Å²) in [6.07, 6.45) is 0. The van der Waals surface area contributed by atoms with Crippen LogP contribution < -0.4 is 0 Å². The number of hydrogen-bond acceptors (Lipinski definition) is 3. The average Bonchev–Trinajstić information content (AvgIpc) is 2.35. The number of aliphatic hydroxyl groups is 1. The molecule has 120 valence electrons. The first-order valence-corrected chi connectivity index (χ1v) is 8.69. The van der Waals surface area contributed by atoms with Crippen molar-refractivity contribution < 1.29 is 13.5 Å². The van der Waals surface area contributed by atoms with Gasteiger partial charge in [-0.15, -0.1) is 0 Å². The SMILES string of the molecule is CC(N(C)S(=O)(=O)c1cc(CO)c(Cl)cc1Cl)C(C)(C)C. The average molecular weight is 354 g/mol. The molecule has 1 aromatic carbocycles. The van der Waals surface area contributed by atoms with E-state index in [1.165, 1.54) is 23.5 Å². The van der Waals surface area contributed by atoms with Crippen molar-refractivity contribution in [3.05, 3.63) is 27.7 Å². The van der Waals surface area contributed by atoms with Gasteiger partial charge in [0.05, 0.1) is 11.6 Å². The summed E-state index contributed by atoms with van der Waals surface area (Å²) in [5.74, 6) is 0. The number of sulfonamides is 1. The Balaban J connectivity index is 3.38. The second-order valence-corrected chi connectivity index (χ2v) is 8.88. The van der Waals surface area contributed by atoms with Crippen LogP contribution in [0.3, 0.4) is 0 Å². The maximum atomic E-state index is 12.7. The molecular weight excluding hydrogens is 333 g/mol. The zero-order valence-electron chi connectivity index (χ0n) is 12.8. The lowest BCUT2D eigenvalue weighted by molar-refractivity contribution is 0.216. The van der Waals surface area contributed by atoms with Crippen molar-refractivity contribution in [2.75, 3.05) is 7.05 Å². The van der Waals surface area contributed by atoms with E-state index in [4.69, 9.17) is 23.2 Å². The third-order valence-electron chi connectivity index (χ3n) is 3.73. The minimum Gasteiger partial charge on any atom is -0.392 e. The van der Waals surface area contributed by atoms with Crippen LogP contribution in [-0.4, -0.2) is 30.9 Å². The maximum Gasteiger partial charge on any atom is 0.244 e. The lowest BCUT2D eigenvalue weighted by Gasteiger charge is -2.34. The molecule has 0 amide bonds. The molecule has 1 unspecified atom stereocenters. The van der Waals surface area contributed by atoms with Crippen molar-refractivity contribution in [3.63, 3.8) is 0 Å². The van der Waals surface area contributed by atoms with Crippen molar-refractivity contribution in [1.82, 2.24) is 4.31 Å². The van der Waals surface area contributed by atoms with Gasteiger partial charge in [-0.25, -0.2) is 8.42 Å². The van der Waals surface area contributed by atoms with E-state index in [9.17, 15) is 13.5 Å². The first-order valence-electron chi connectivity index (χ1n) is 6.49. The largest absolute Gasteiger partial charge is 0.392 e. The molecule has 21 heavy (non-hydrogen) atoms. The predicted octanol–water partition coefficient (Wildman–Crippen LogP) is 3.54. The first kappa shape index (κ1) is 18.7. The summed E-state index contributed by atoms with van der Waals surface area (Å²) < 4.78 is 26.8. The summed E-state index contributed by atoms with van der Waals surface area (Å²) in [6, 6.07) is 2.44. The van der Waals surface area contributed by atoms with Crippen LogP contribution in [0.4, 0.5) is 0 Å². The van der Waals surface area contributed by atoms with Gasteiger partial charge in [-0.2, -0.15) is 4.31 Å². The summed E-state index contributed by atoms with van der Waals surface area (Å²) >= 11 is 11.9. The Morgan fingerprint density at radius 1 is 1.24 bits per heavy atom. The zero-order chi connectivity index (χ0) is 16.6. The highest BCUT2D eigenvalue weighted by molar-refractivity contribution is 7.89. The fourth-order valence-electron chi connectivity index (χ4n) is 1.80. The quantitative estimate of drug-likeness (QED) is 0.900. The summed E-state index contributed by atoms with van der Waals surface area (Å²) in [6.45, 7) is 7.39. The molecule has 7 heteroatoms. The van der Waals surface area contributed by atoms with Gasteiger partial charge in [-0.05, 0) is 30.0 Å². The van der Waals surface area contributed by atoms with E-state index >= 15 is 0 Å². The molecule has 0 spiro atoms. The number of halogens is 2. The summed E-state index contributed by atoms with van der Waals surface area (Å²) in [7, 11) is -2.25. The zero-order valence-corrected chi connectivity index (χ0v) is 15.1. The van der Waals surface area contributed by atoms with Gasteiger partial charge in [0.2, 0.25) is 10.0 Å². The standard InChI is InChI=1S/C14H21Cl2NO3S/c1-9(14(2,3)4)17(5)21(19,20)13-6-10(8-18)11(15)7-12(13)16/h6-7,9,18H,8H2,1-5H3. The Hall–Kier alpha value is -0.330. The molecule has 1 N–H and O–H groups in total. The topological polar surface area (TPSA) is 57.6 Å². The molecule has 0 aromatic heterocycles. The molecular formula is C14H21Cl2NO3S. The van der Waals surface area contributed by atoms with Crippen LogP contribution in [0.5, 0.6) is 0 Å². The fourth-order valence-corrected chi connectivity index (χ4v) is 4.17. The number of benzene rings is 1.